The lowest BCUT2D eigenvalue weighted by molar-refractivity contribution is 0.00526. The average Bonchev–Trinajstić information content (AvgIpc) is 2.63. The predicted octanol–water partition coefficient (Wildman–Crippen LogP) is 3.30. The van der Waals surface area contributed by atoms with Crippen LogP contribution in [0.3, 0.4) is 0 Å². The molecule has 3 N–H and O–H groups in total. The van der Waals surface area contributed by atoms with E-state index in [-0.39, 0.29) is 12.5 Å². The van der Waals surface area contributed by atoms with Crippen molar-refractivity contribution >= 4 is 29.0 Å². The van der Waals surface area contributed by atoms with Crippen molar-refractivity contribution in [2.24, 2.45) is 0 Å². The number of rotatable bonds is 5. The van der Waals surface area contributed by atoms with Gasteiger partial charge in [-0.15, -0.1) is 0 Å². The smallest absolute Gasteiger partial charge is 0.252 e. The quantitative estimate of drug-likeness (QED) is 0.761. The fourth-order valence-corrected chi connectivity index (χ4v) is 3.22. The van der Waals surface area contributed by atoms with Gasteiger partial charge in [0.25, 0.3) is 5.91 Å². The van der Waals surface area contributed by atoms with Gasteiger partial charge < -0.3 is 15.7 Å². The van der Waals surface area contributed by atoms with Crippen molar-refractivity contribution < 1.29 is 9.90 Å². The van der Waals surface area contributed by atoms with Crippen molar-refractivity contribution in [3.05, 3.63) is 47.4 Å². The van der Waals surface area contributed by atoms with Crippen molar-refractivity contribution in [3.63, 3.8) is 0 Å². The third kappa shape index (κ3) is 4.67. The van der Waals surface area contributed by atoms with E-state index in [4.69, 9.17) is 11.6 Å². The molecular weight excluding hydrogens is 340 g/mol. The second-order valence-corrected chi connectivity index (χ2v) is 6.79. The van der Waals surface area contributed by atoms with Crippen LogP contribution in [0.4, 0.5) is 11.5 Å². The number of aliphatic hydroxyl groups is 1. The van der Waals surface area contributed by atoms with Crippen LogP contribution in [-0.2, 0) is 0 Å². The van der Waals surface area contributed by atoms with Gasteiger partial charge in [0, 0.05) is 18.4 Å². The highest BCUT2D eigenvalue weighted by molar-refractivity contribution is 6.34. The Morgan fingerprint density at radius 3 is 2.76 bits per heavy atom. The number of nitrogens with zero attached hydrogens (tertiary/aromatic N) is 2. The lowest BCUT2D eigenvalue weighted by atomic mass is 9.85. The standard InChI is InChI=1S/C18H21ClN4O2/c19-15-5-4-13(23-16-6-9-20-12-22-16)10-14(15)17(24)21-11-18(25)7-2-1-3-8-18/h4-6,9-10,12,25H,1-3,7-8,11H2,(H,21,24)(H,20,22,23). The molecule has 0 aliphatic heterocycles. The molecule has 0 radical (unpaired) electrons. The van der Waals surface area contributed by atoms with Crippen molar-refractivity contribution in [1.29, 1.82) is 0 Å². The highest BCUT2D eigenvalue weighted by Crippen LogP contribution is 2.28. The van der Waals surface area contributed by atoms with Crippen LogP contribution in [0.5, 0.6) is 0 Å². The Balaban J connectivity index is 1.68. The maximum atomic E-state index is 12.5. The van der Waals surface area contributed by atoms with Gasteiger partial charge in [-0.2, -0.15) is 0 Å². The van der Waals surface area contributed by atoms with Gasteiger partial charge in [0.2, 0.25) is 0 Å². The minimum atomic E-state index is -0.808. The largest absolute Gasteiger partial charge is 0.388 e. The topological polar surface area (TPSA) is 87.1 Å². The van der Waals surface area contributed by atoms with Crippen molar-refractivity contribution in [2.75, 3.05) is 11.9 Å². The summed E-state index contributed by atoms with van der Waals surface area (Å²) < 4.78 is 0. The molecule has 25 heavy (non-hydrogen) atoms. The summed E-state index contributed by atoms with van der Waals surface area (Å²) in [5.74, 6) is 0.329. The zero-order valence-electron chi connectivity index (χ0n) is 13.8. The van der Waals surface area contributed by atoms with Crippen LogP contribution in [0.1, 0.15) is 42.5 Å². The molecule has 1 aromatic carbocycles. The molecule has 1 saturated carbocycles. The maximum Gasteiger partial charge on any atom is 0.252 e. The van der Waals surface area contributed by atoms with Gasteiger partial charge in [0.1, 0.15) is 12.1 Å². The number of aromatic nitrogens is 2. The number of hydrogen-bond acceptors (Lipinski definition) is 5. The Bertz CT molecular complexity index is 733. The Labute approximate surface area is 151 Å². The second-order valence-electron chi connectivity index (χ2n) is 6.38. The predicted molar refractivity (Wildman–Crippen MR) is 97.1 cm³/mol. The lowest BCUT2D eigenvalue weighted by Crippen LogP contribution is -2.44. The van der Waals surface area contributed by atoms with E-state index in [2.05, 4.69) is 20.6 Å². The van der Waals surface area contributed by atoms with Crippen LogP contribution in [0.2, 0.25) is 5.02 Å². The molecule has 1 aliphatic carbocycles. The van der Waals surface area contributed by atoms with Crippen molar-refractivity contribution in [2.45, 2.75) is 37.7 Å². The maximum absolute atomic E-state index is 12.5. The first-order valence-electron chi connectivity index (χ1n) is 8.39. The van der Waals surface area contributed by atoms with Gasteiger partial charge in [-0.05, 0) is 37.1 Å². The summed E-state index contributed by atoms with van der Waals surface area (Å²) >= 11 is 6.17. The molecule has 1 amide bonds. The highest BCUT2D eigenvalue weighted by atomic mass is 35.5. The fourth-order valence-electron chi connectivity index (χ4n) is 3.02. The van der Waals surface area contributed by atoms with Gasteiger partial charge in [-0.1, -0.05) is 30.9 Å². The molecule has 1 aromatic heterocycles. The first-order valence-corrected chi connectivity index (χ1v) is 8.77. The lowest BCUT2D eigenvalue weighted by Gasteiger charge is -2.32. The minimum Gasteiger partial charge on any atom is -0.388 e. The number of benzene rings is 1. The van der Waals surface area contributed by atoms with E-state index in [9.17, 15) is 9.90 Å². The molecule has 7 heteroatoms. The Hall–Kier alpha value is -2.18. The molecule has 0 saturated heterocycles. The van der Waals surface area contributed by atoms with E-state index in [0.29, 0.717) is 22.1 Å². The molecule has 2 aromatic rings. The van der Waals surface area contributed by atoms with Crippen LogP contribution in [-0.4, -0.2) is 33.1 Å². The van der Waals surface area contributed by atoms with Crippen LogP contribution in [0.25, 0.3) is 0 Å². The minimum absolute atomic E-state index is 0.242. The van der Waals surface area contributed by atoms with Gasteiger partial charge in [0.15, 0.2) is 0 Å². The van der Waals surface area contributed by atoms with Crippen LogP contribution >= 0.6 is 11.6 Å². The van der Waals surface area contributed by atoms with E-state index < -0.39 is 5.60 Å². The van der Waals surface area contributed by atoms with Crippen LogP contribution in [0, 0.1) is 0 Å². The molecule has 0 spiro atoms. The first-order chi connectivity index (χ1) is 12.1. The van der Waals surface area contributed by atoms with Crippen LogP contribution in [0.15, 0.2) is 36.8 Å². The van der Waals surface area contributed by atoms with E-state index in [0.717, 1.165) is 32.1 Å². The van der Waals surface area contributed by atoms with Gasteiger partial charge in [-0.3, -0.25) is 4.79 Å². The summed E-state index contributed by atoms with van der Waals surface area (Å²) in [5.41, 5.74) is 0.252. The number of anilines is 2. The molecule has 0 unspecified atom stereocenters. The molecule has 1 heterocycles. The number of carbonyl (C=O) groups is 1. The highest BCUT2D eigenvalue weighted by Gasteiger charge is 2.29. The summed E-state index contributed by atoms with van der Waals surface area (Å²) in [4.78, 5) is 20.4. The van der Waals surface area contributed by atoms with Gasteiger partial charge in [-0.25, -0.2) is 9.97 Å². The van der Waals surface area contributed by atoms with E-state index in [1.54, 1.807) is 30.5 Å². The second kappa shape index (κ2) is 7.80. The zero-order valence-corrected chi connectivity index (χ0v) is 14.6. The van der Waals surface area contributed by atoms with Gasteiger partial charge >= 0.3 is 0 Å². The molecule has 6 nitrogen and oxygen atoms in total. The number of amides is 1. The summed E-state index contributed by atoms with van der Waals surface area (Å²) in [6, 6.07) is 6.84. The number of hydrogen-bond donors (Lipinski definition) is 3. The van der Waals surface area contributed by atoms with Gasteiger partial charge in [0.05, 0.1) is 16.2 Å². The van der Waals surface area contributed by atoms with E-state index in [1.807, 2.05) is 0 Å². The Morgan fingerprint density at radius 2 is 2.04 bits per heavy atom. The van der Waals surface area contributed by atoms with E-state index >= 15 is 0 Å². The number of halogens is 1. The summed E-state index contributed by atoms with van der Waals surface area (Å²) in [7, 11) is 0. The molecule has 3 rings (SSSR count). The SMILES string of the molecule is O=C(NCC1(O)CCCCC1)c1cc(Nc2ccncn2)ccc1Cl. The normalized spacial score (nSPS) is 16.2. The third-order valence-electron chi connectivity index (χ3n) is 4.43. The van der Waals surface area contributed by atoms with Crippen molar-refractivity contribution in [3.8, 4) is 0 Å². The Morgan fingerprint density at radius 1 is 1.24 bits per heavy atom. The molecule has 1 aliphatic rings. The summed E-state index contributed by atoms with van der Waals surface area (Å²) in [6.45, 7) is 0.242. The summed E-state index contributed by atoms with van der Waals surface area (Å²) in [5, 5.41) is 16.8. The molecule has 0 atom stereocenters. The first kappa shape index (κ1) is 17.6. The van der Waals surface area contributed by atoms with Crippen LogP contribution < -0.4 is 10.6 Å². The third-order valence-corrected chi connectivity index (χ3v) is 4.76. The Kier molecular flexibility index (Phi) is 5.50. The zero-order chi connectivity index (χ0) is 17.7. The summed E-state index contributed by atoms with van der Waals surface area (Å²) in [6.07, 6.45) is 7.63. The molecule has 132 valence electrons. The van der Waals surface area contributed by atoms with Crippen molar-refractivity contribution in [1.82, 2.24) is 15.3 Å². The fraction of sp³-hybridized carbons (Fsp3) is 0.389. The molecule has 0 bridgehead atoms. The molecule has 1 fully saturated rings. The number of carbonyl (C=O) groups excluding carboxylic acids is 1. The monoisotopic (exact) mass is 360 g/mol. The van der Waals surface area contributed by atoms with E-state index in [1.165, 1.54) is 6.33 Å². The average molecular weight is 361 g/mol. The molecular formula is C18H21ClN4O2. The number of nitrogens with one attached hydrogen (secondary N) is 2.